The van der Waals surface area contributed by atoms with Gasteiger partial charge in [0.1, 0.15) is 0 Å². The molecule has 6 nitrogen and oxygen atoms in total. The lowest BCUT2D eigenvalue weighted by atomic mass is 10.0. The molecule has 0 fully saturated rings. The van der Waals surface area contributed by atoms with Crippen LogP contribution in [0.1, 0.15) is 5.56 Å². The number of hydrogen-bond donors (Lipinski definition) is 0. The number of nitrogens with zero attached hydrogens (tertiary/aromatic N) is 6. The first kappa shape index (κ1) is 25.4. The molecule has 0 unspecified atom stereocenters. The zero-order chi connectivity index (χ0) is 31.5. The van der Waals surface area contributed by atoms with Crippen molar-refractivity contribution in [1.29, 1.82) is 5.26 Å². The van der Waals surface area contributed by atoms with Gasteiger partial charge in [-0.1, -0.05) is 78.9 Å². The first-order chi connectivity index (χ1) is 23.8. The fraction of sp³-hybridized carbons (Fsp3) is 0. The van der Waals surface area contributed by atoms with Gasteiger partial charge in [0.15, 0.2) is 5.65 Å². The first-order valence-corrected chi connectivity index (χ1v) is 15.9. The molecule has 0 aliphatic carbocycles. The van der Waals surface area contributed by atoms with Crippen LogP contribution in [0.5, 0.6) is 0 Å². The Bertz CT molecular complexity index is 3180. The van der Waals surface area contributed by atoms with Gasteiger partial charge in [-0.3, -0.25) is 4.57 Å². The Morgan fingerprint density at radius 2 is 1.27 bits per heavy atom. The Morgan fingerprint density at radius 3 is 2.10 bits per heavy atom. The van der Waals surface area contributed by atoms with Gasteiger partial charge in [0.05, 0.1) is 44.9 Å². The molecule has 0 spiro atoms. The van der Waals surface area contributed by atoms with E-state index < -0.39 is 0 Å². The summed E-state index contributed by atoms with van der Waals surface area (Å²) < 4.78 is 4.66. The average Bonchev–Trinajstić information content (AvgIpc) is 3.79. The maximum atomic E-state index is 9.47. The van der Waals surface area contributed by atoms with Crippen LogP contribution < -0.4 is 0 Å². The van der Waals surface area contributed by atoms with Crippen molar-refractivity contribution < 1.29 is 0 Å². The second-order valence-corrected chi connectivity index (χ2v) is 12.4. The summed E-state index contributed by atoms with van der Waals surface area (Å²) in [4.78, 5) is 15.2. The van der Waals surface area contributed by atoms with Crippen molar-refractivity contribution >= 4 is 81.7 Å². The molecule has 5 heterocycles. The molecule has 0 aliphatic heterocycles. The van der Waals surface area contributed by atoms with Gasteiger partial charge < -0.3 is 4.40 Å². The van der Waals surface area contributed by atoms with Crippen molar-refractivity contribution in [2.24, 2.45) is 0 Å². The summed E-state index contributed by atoms with van der Waals surface area (Å²) in [6, 6.07) is 46.5. The Balaban J connectivity index is 1.40. The fourth-order valence-electron chi connectivity index (χ4n) is 7.96. The SMILES string of the molecule is N#Cc1ccc(-c2nc(-n3c4ccc5ccccc5c4c4cc5c6ccccc6n6c7ccccc7c(c43)c56)nc3ncccc23)cc1. The van der Waals surface area contributed by atoms with Crippen molar-refractivity contribution in [2.45, 2.75) is 0 Å². The standard InChI is InChI=1S/C42H22N6/c43-23-24-15-17-26(18-16-24)38-30-12-7-21-44-41(30)46-42(45-38)48-35-20-19-25-8-1-2-9-27(25)36(35)32-22-31-28-10-3-5-13-33(28)47-34-14-6-4-11-29(34)37(39(31)47)40(32)48/h1-22H. The van der Waals surface area contributed by atoms with Gasteiger partial charge in [-0.15, -0.1) is 0 Å². The van der Waals surface area contributed by atoms with E-state index in [0.29, 0.717) is 17.2 Å². The quantitative estimate of drug-likeness (QED) is 0.195. The van der Waals surface area contributed by atoms with Gasteiger partial charge in [-0.2, -0.15) is 10.2 Å². The molecular formula is C42H22N6. The van der Waals surface area contributed by atoms with Crippen LogP contribution in [-0.4, -0.2) is 23.9 Å². The number of hydrogen-bond acceptors (Lipinski definition) is 4. The lowest BCUT2D eigenvalue weighted by molar-refractivity contribution is 1.01. The van der Waals surface area contributed by atoms with E-state index in [-0.39, 0.29) is 0 Å². The Hall–Kier alpha value is -6.84. The van der Waals surface area contributed by atoms with E-state index in [1.807, 2.05) is 36.4 Å². The summed E-state index contributed by atoms with van der Waals surface area (Å²) in [6.07, 6.45) is 1.78. The Kier molecular flexibility index (Phi) is 4.82. The zero-order valence-corrected chi connectivity index (χ0v) is 25.4. The minimum atomic E-state index is 0.554. The van der Waals surface area contributed by atoms with Gasteiger partial charge in [0, 0.05) is 49.5 Å². The molecule has 0 N–H and O–H groups in total. The summed E-state index contributed by atoms with van der Waals surface area (Å²) in [7, 11) is 0. The lowest BCUT2D eigenvalue weighted by Crippen LogP contribution is -2.04. The molecule has 0 radical (unpaired) electrons. The molecule has 0 atom stereocenters. The lowest BCUT2D eigenvalue weighted by Gasteiger charge is -2.12. The highest BCUT2D eigenvalue weighted by Crippen LogP contribution is 2.47. The third-order valence-electron chi connectivity index (χ3n) is 9.93. The molecule has 6 aromatic carbocycles. The average molecular weight is 611 g/mol. The van der Waals surface area contributed by atoms with Gasteiger partial charge in [-0.25, -0.2) is 9.97 Å². The first-order valence-electron chi connectivity index (χ1n) is 15.9. The number of benzene rings is 6. The number of fused-ring (bicyclic) bond motifs is 13. The molecule has 0 aliphatic rings. The maximum absolute atomic E-state index is 9.47. The molecule has 11 aromatic rings. The van der Waals surface area contributed by atoms with Gasteiger partial charge in [0.25, 0.3) is 0 Å². The zero-order valence-electron chi connectivity index (χ0n) is 25.4. The largest absolute Gasteiger partial charge is 0.308 e. The van der Waals surface area contributed by atoms with E-state index in [9.17, 15) is 5.26 Å². The highest BCUT2D eigenvalue weighted by Gasteiger charge is 2.26. The van der Waals surface area contributed by atoms with Crippen molar-refractivity contribution in [3.63, 3.8) is 0 Å². The molecule has 11 rings (SSSR count). The Morgan fingerprint density at radius 1 is 0.542 bits per heavy atom. The maximum Gasteiger partial charge on any atom is 0.237 e. The number of pyridine rings is 1. The summed E-state index contributed by atoms with van der Waals surface area (Å²) in [5, 5.41) is 19.9. The highest BCUT2D eigenvalue weighted by molar-refractivity contribution is 6.36. The molecular weight excluding hydrogens is 589 g/mol. The van der Waals surface area contributed by atoms with Crippen molar-refractivity contribution in [3.8, 4) is 23.3 Å². The minimum Gasteiger partial charge on any atom is -0.308 e. The van der Waals surface area contributed by atoms with E-state index in [4.69, 9.17) is 15.0 Å². The van der Waals surface area contributed by atoms with Crippen LogP contribution in [0.15, 0.2) is 134 Å². The van der Waals surface area contributed by atoms with Gasteiger partial charge >= 0.3 is 0 Å². The normalized spacial score (nSPS) is 12.1. The van der Waals surface area contributed by atoms with Crippen molar-refractivity contribution in [1.82, 2.24) is 23.9 Å². The van der Waals surface area contributed by atoms with Crippen LogP contribution >= 0.6 is 0 Å². The smallest absolute Gasteiger partial charge is 0.237 e. The van der Waals surface area contributed by atoms with Crippen LogP contribution in [0.2, 0.25) is 0 Å². The summed E-state index contributed by atoms with van der Waals surface area (Å²) in [6.45, 7) is 0. The van der Waals surface area contributed by atoms with E-state index in [2.05, 4.69) is 106 Å². The van der Waals surface area contributed by atoms with E-state index in [0.717, 1.165) is 33.1 Å². The van der Waals surface area contributed by atoms with E-state index in [1.165, 1.54) is 54.3 Å². The number of nitriles is 1. The van der Waals surface area contributed by atoms with Crippen molar-refractivity contribution in [2.75, 3.05) is 0 Å². The summed E-state index contributed by atoms with van der Waals surface area (Å²) in [5.41, 5.74) is 8.57. The topological polar surface area (TPSA) is 71.8 Å². The van der Waals surface area contributed by atoms with E-state index in [1.54, 1.807) is 6.20 Å². The third-order valence-corrected chi connectivity index (χ3v) is 9.93. The van der Waals surface area contributed by atoms with Crippen molar-refractivity contribution in [3.05, 3.63) is 139 Å². The predicted molar refractivity (Wildman–Crippen MR) is 194 cm³/mol. The second-order valence-electron chi connectivity index (χ2n) is 12.4. The fourth-order valence-corrected chi connectivity index (χ4v) is 7.96. The summed E-state index contributed by atoms with van der Waals surface area (Å²) in [5.74, 6) is 0.554. The number of para-hydroxylation sites is 2. The van der Waals surface area contributed by atoms with Crippen LogP contribution in [0.4, 0.5) is 0 Å². The third kappa shape index (κ3) is 3.17. The summed E-state index contributed by atoms with van der Waals surface area (Å²) >= 11 is 0. The molecule has 6 heteroatoms. The molecule has 220 valence electrons. The number of aromatic nitrogens is 5. The molecule has 0 saturated heterocycles. The number of rotatable bonds is 2. The van der Waals surface area contributed by atoms with E-state index >= 15 is 0 Å². The Labute approximate surface area is 272 Å². The van der Waals surface area contributed by atoms with Crippen LogP contribution in [0, 0.1) is 11.3 Å². The molecule has 0 bridgehead atoms. The molecule has 5 aromatic heterocycles. The van der Waals surface area contributed by atoms with Crippen LogP contribution in [0.25, 0.3) is 98.9 Å². The second kappa shape index (κ2) is 9.12. The van der Waals surface area contributed by atoms with Crippen LogP contribution in [-0.2, 0) is 0 Å². The highest BCUT2D eigenvalue weighted by atomic mass is 15.2. The molecule has 48 heavy (non-hydrogen) atoms. The van der Waals surface area contributed by atoms with Gasteiger partial charge in [-0.05, 0) is 59.3 Å². The predicted octanol–water partition coefficient (Wildman–Crippen LogP) is 9.96. The molecule has 0 amide bonds. The minimum absolute atomic E-state index is 0.554. The van der Waals surface area contributed by atoms with Gasteiger partial charge in [0.2, 0.25) is 5.95 Å². The monoisotopic (exact) mass is 610 g/mol. The van der Waals surface area contributed by atoms with Crippen LogP contribution in [0.3, 0.4) is 0 Å². The molecule has 0 saturated carbocycles.